The van der Waals surface area contributed by atoms with Gasteiger partial charge in [0.15, 0.2) is 17.5 Å². The number of carbonyl (C=O) groups excluding carboxylic acids is 2. The molecular weight excluding hydrogens is 442 g/mol. The zero-order valence-electron chi connectivity index (χ0n) is 20.4. The van der Waals surface area contributed by atoms with Gasteiger partial charge in [0.05, 0.1) is 0 Å². The minimum Gasteiger partial charge on any atom is -0.389 e. The maximum absolute atomic E-state index is 13.9. The summed E-state index contributed by atoms with van der Waals surface area (Å²) in [6.45, 7) is 9.61. The Morgan fingerprint density at radius 3 is 2.65 bits per heavy atom. The molecule has 186 valence electrons. The fourth-order valence-electron chi connectivity index (χ4n) is 3.79. The molecule has 9 heteroatoms. The van der Waals surface area contributed by atoms with Crippen molar-refractivity contribution in [3.8, 4) is 5.88 Å². The molecule has 2 heterocycles. The molecule has 2 aromatic rings. The lowest BCUT2D eigenvalue weighted by Gasteiger charge is -2.22. The Bertz CT molecular complexity index is 1030. The van der Waals surface area contributed by atoms with Gasteiger partial charge in [0.25, 0.3) is 5.91 Å². The van der Waals surface area contributed by atoms with E-state index in [2.05, 4.69) is 31.1 Å². The summed E-state index contributed by atoms with van der Waals surface area (Å²) in [5, 5.41) is 2.77. The lowest BCUT2D eigenvalue weighted by Crippen LogP contribution is -2.34. The quantitative estimate of drug-likeness (QED) is 0.548. The monoisotopic (exact) mass is 476 g/mol. The third kappa shape index (κ3) is 6.33. The molecule has 1 N–H and O–H groups in total. The summed E-state index contributed by atoms with van der Waals surface area (Å²) in [6.07, 6.45) is 4.17. The Kier molecular flexibility index (Phi) is 8.28. The van der Waals surface area contributed by atoms with Crippen LogP contribution >= 0.6 is 0 Å². The number of rotatable bonds is 8. The van der Waals surface area contributed by atoms with E-state index in [1.54, 1.807) is 0 Å². The van der Waals surface area contributed by atoms with Gasteiger partial charge >= 0.3 is 6.09 Å². The van der Waals surface area contributed by atoms with E-state index < -0.39 is 23.6 Å². The molecule has 1 aliphatic heterocycles. The van der Waals surface area contributed by atoms with E-state index in [1.807, 2.05) is 11.5 Å². The zero-order chi connectivity index (χ0) is 24.9. The molecule has 0 spiro atoms. The Hall–Kier alpha value is -2.97. The number of ether oxygens (including phenoxy) is 1. The van der Waals surface area contributed by atoms with Crippen molar-refractivity contribution in [3.63, 3.8) is 0 Å². The molecule has 34 heavy (non-hydrogen) atoms. The van der Waals surface area contributed by atoms with E-state index in [4.69, 9.17) is 4.74 Å². The molecule has 1 aromatic heterocycles. The van der Waals surface area contributed by atoms with Crippen molar-refractivity contribution in [1.82, 2.24) is 14.9 Å². The highest BCUT2D eigenvalue weighted by atomic mass is 19.2. The van der Waals surface area contributed by atoms with E-state index in [-0.39, 0.29) is 22.7 Å². The number of hydrogen-bond donors (Lipinski definition) is 1. The highest BCUT2D eigenvalue weighted by Crippen LogP contribution is 2.34. The van der Waals surface area contributed by atoms with Crippen molar-refractivity contribution < 1.29 is 23.1 Å². The third-order valence-corrected chi connectivity index (χ3v) is 5.75. The first-order valence-corrected chi connectivity index (χ1v) is 11.9. The van der Waals surface area contributed by atoms with Crippen molar-refractivity contribution in [2.45, 2.75) is 72.8 Å². The van der Waals surface area contributed by atoms with E-state index in [0.29, 0.717) is 32.5 Å². The molecule has 0 fully saturated rings. The van der Waals surface area contributed by atoms with Gasteiger partial charge in [0.2, 0.25) is 5.88 Å². The number of fused-ring (bicyclic) bond motifs is 1. The van der Waals surface area contributed by atoms with Crippen LogP contribution in [0.2, 0.25) is 0 Å². The van der Waals surface area contributed by atoms with E-state index >= 15 is 0 Å². The van der Waals surface area contributed by atoms with Gasteiger partial charge in [-0.05, 0) is 49.3 Å². The molecule has 0 atom stereocenters. The van der Waals surface area contributed by atoms with Crippen LogP contribution in [-0.4, -0.2) is 34.6 Å². The number of aryl methyl sites for hydroxylation is 1. The predicted molar refractivity (Wildman–Crippen MR) is 126 cm³/mol. The molecule has 3 rings (SSSR count). The van der Waals surface area contributed by atoms with Crippen LogP contribution in [0, 0.1) is 17.0 Å². The lowest BCUT2D eigenvalue weighted by molar-refractivity contribution is 0.0984. The maximum atomic E-state index is 13.9. The molecule has 0 radical (unpaired) electrons. The number of carbonyl (C=O) groups is 2. The van der Waals surface area contributed by atoms with Gasteiger partial charge in [-0.1, -0.05) is 34.1 Å². The van der Waals surface area contributed by atoms with Crippen LogP contribution in [0.4, 0.5) is 19.4 Å². The number of anilines is 1. The van der Waals surface area contributed by atoms with Crippen LogP contribution in [-0.2, 0) is 13.0 Å². The zero-order valence-corrected chi connectivity index (χ0v) is 20.4. The molecule has 2 amide bonds. The molecule has 0 saturated heterocycles. The number of halogens is 2. The SMILES string of the molecule is CCCCN(C(=O)c1ccc(F)c(F)c1)c1nc2n(c1OC(=O)NCCC(C)(C)C)CCCC2. The minimum atomic E-state index is -1.10. The highest BCUT2D eigenvalue weighted by Gasteiger charge is 2.30. The van der Waals surface area contributed by atoms with Crippen LogP contribution in [0.15, 0.2) is 18.2 Å². The summed E-state index contributed by atoms with van der Waals surface area (Å²) in [7, 11) is 0. The Balaban J connectivity index is 1.93. The summed E-state index contributed by atoms with van der Waals surface area (Å²) in [5.74, 6) is -1.48. The average Bonchev–Trinajstić information content (AvgIpc) is 3.13. The molecule has 7 nitrogen and oxygen atoms in total. The predicted octanol–water partition coefficient (Wildman–Crippen LogP) is 5.47. The first-order valence-electron chi connectivity index (χ1n) is 11.9. The number of hydrogen-bond acceptors (Lipinski definition) is 4. The summed E-state index contributed by atoms with van der Waals surface area (Å²) in [6, 6.07) is 3.06. The fourth-order valence-corrected chi connectivity index (χ4v) is 3.79. The normalized spacial score (nSPS) is 13.4. The molecule has 1 aliphatic rings. The topological polar surface area (TPSA) is 76.5 Å². The average molecular weight is 477 g/mol. The minimum absolute atomic E-state index is 0.00144. The van der Waals surface area contributed by atoms with Gasteiger partial charge in [-0.15, -0.1) is 0 Å². The van der Waals surface area contributed by atoms with Crippen LogP contribution in [0.3, 0.4) is 0 Å². The molecule has 0 aliphatic carbocycles. The van der Waals surface area contributed by atoms with Crippen molar-refractivity contribution in [2.24, 2.45) is 5.41 Å². The maximum Gasteiger partial charge on any atom is 0.414 e. The van der Waals surface area contributed by atoms with E-state index in [1.165, 1.54) is 11.0 Å². The van der Waals surface area contributed by atoms with Crippen LogP contribution in [0.1, 0.15) is 76.0 Å². The van der Waals surface area contributed by atoms with Gasteiger partial charge in [-0.3, -0.25) is 14.3 Å². The van der Waals surface area contributed by atoms with Gasteiger partial charge in [-0.2, -0.15) is 0 Å². The van der Waals surface area contributed by atoms with Crippen molar-refractivity contribution in [2.75, 3.05) is 18.0 Å². The molecule has 0 unspecified atom stereocenters. The number of nitrogens with one attached hydrogen (secondary N) is 1. The van der Waals surface area contributed by atoms with Gasteiger partial charge in [-0.25, -0.2) is 18.6 Å². The van der Waals surface area contributed by atoms with Crippen LogP contribution in [0.25, 0.3) is 0 Å². The Morgan fingerprint density at radius 1 is 1.21 bits per heavy atom. The second kappa shape index (κ2) is 11.0. The van der Waals surface area contributed by atoms with Gasteiger partial charge in [0.1, 0.15) is 5.82 Å². The smallest absolute Gasteiger partial charge is 0.389 e. The van der Waals surface area contributed by atoms with E-state index in [9.17, 15) is 18.4 Å². The molecule has 0 saturated carbocycles. The van der Waals surface area contributed by atoms with Crippen LogP contribution in [0.5, 0.6) is 5.88 Å². The Labute approximate surface area is 199 Å². The number of unbranched alkanes of at least 4 members (excludes halogenated alkanes) is 1. The molecule has 0 bridgehead atoms. The number of nitrogens with zero attached hydrogens (tertiary/aromatic N) is 3. The van der Waals surface area contributed by atoms with Gasteiger partial charge in [0, 0.05) is 31.6 Å². The lowest BCUT2D eigenvalue weighted by atomic mass is 9.92. The number of imidazole rings is 1. The van der Waals surface area contributed by atoms with E-state index in [0.717, 1.165) is 43.6 Å². The second-order valence-corrected chi connectivity index (χ2v) is 9.83. The number of amides is 2. The summed E-state index contributed by atoms with van der Waals surface area (Å²) in [5.41, 5.74) is 0.0590. The largest absolute Gasteiger partial charge is 0.414 e. The standard InChI is InChI=1S/C25H34F2N4O3/c1-5-6-14-31(22(32)17-10-11-18(26)19(27)16-17)21-23(30-15-8-7-9-20(30)29-21)34-24(33)28-13-12-25(2,3)4/h10-11,16H,5-9,12-15H2,1-4H3,(H,28,33). The highest BCUT2D eigenvalue weighted by molar-refractivity contribution is 6.06. The molecule has 1 aromatic carbocycles. The summed E-state index contributed by atoms with van der Waals surface area (Å²) >= 11 is 0. The number of benzene rings is 1. The second-order valence-electron chi connectivity index (χ2n) is 9.83. The van der Waals surface area contributed by atoms with Gasteiger partial charge < -0.3 is 10.1 Å². The fraction of sp³-hybridized carbons (Fsp3) is 0.560. The van der Waals surface area contributed by atoms with Crippen LogP contribution < -0.4 is 15.0 Å². The number of aromatic nitrogens is 2. The third-order valence-electron chi connectivity index (χ3n) is 5.75. The van der Waals surface area contributed by atoms with Crippen molar-refractivity contribution in [3.05, 3.63) is 41.2 Å². The summed E-state index contributed by atoms with van der Waals surface area (Å²) < 4.78 is 34.8. The first kappa shape index (κ1) is 25.6. The Morgan fingerprint density at radius 2 is 1.97 bits per heavy atom. The first-order chi connectivity index (χ1) is 16.1. The molecular formula is C25H34F2N4O3. The van der Waals surface area contributed by atoms with Crippen molar-refractivity contribution >= 4 is 17.8 Å². The van der Waals surface area contributed by atoms with Crippen molar-refractivity contribution in [1.29, 1.82) is 0 Å². The summed E-state index contributed by atoms with van der Waals surface area (Å²) in [4.78, 5) is 32.1.